The lowest BCUT2D eigenvalue weighted by molar-refractivity contribution is -0.140. The molecule has 2 aromatic rings. The molecule has 1 aliphatic heterocycles. The fraction of sp³-hybridized carbons (Fsp3) is 0.400. The molecule has 1 aliphatic rings. The van der Waals surface area contributed by atoms with Crippen LogP contribution in [0.1, 0.15) is 27.5 Å². The monoisotopic (exact) mass is 454 g/mol. The quantitative estimate of drug-likeness (QED) is 0.327. The second-order valence-electron chi connectivity index (χ2n) is 8.25. The SMILES string of the molecule is COc1ccc(C2C(C(=O)c3ccc(OC)c(C)c3)C(=O)C(=O)N2CCN(C)C)c(OC)c1. The predicted molar refractivity (Wildman–Crippen MR) is 123 cm³/mol. The third-order valence-electron chi connectivity index (χ3n) is 5.91. The van der Waals surface area contributed by atoms with E-state index in [1.54, 1.807) is 50.6 Å². The zero-order valence-corrected chi connectivity index (χ0v) is 19.9. The number of ether oxygens (including phenoxy) is 3. The molecule has 0 radical (unpaired) electrons. The molecule has 8 nitrogen and oxygen atoms in total. The molecule has 0 bridgehead atoms. The van der Waals surface area contributed by atoms with Gasteiger partial charge in [-0.15, -0.1) is 0 Å². The molecule has 0 aromatic heterocycles. The van der Waals surface area contributed by atoms with E-state index in [9.17, 15) is 14.4 Å². The Morgan fingerprint density at radius 2 is 1.67 bits per heavy atom. The first-order valence-electron chi connectivity index (χ1n) is 10.6. The number of nitrogens with zero attached hydrogens (tertiary/aromatic N) is 2. The average molecular weight is 455 g/mol. The van der Waals surface area contributed by atoms with Crippen molar-refractivity contribution in [3.05, 3.63) is 53.1 Å². The van der Waals surface area contributed by atoms with Crippen LogP contribution in [0.5, 0.6) is 17.2 Å². The normalized spacial score (nSPS) is 18.1. The Morgan fingerprint density at radius 3 is 2.24 bits per heavy atom. The molecule has 8 heteroatoms. The van der Waals surface area contributed by atoms with Gasteiger partial charge < -0.3 is 24.0 Å². The molecule has 1 fully saturated rings. The fourth-order valence-corrected chi connectivity index (χ4v) is 4.16. The minimum absolute atomic E-state index is 0.294. The molecule has 0 N–H and O–H groups in total. The Kier molecular flexibility index (Phi) is 7.38. The smallest absolute Gasteiger partial charge is 0.291 e. The molecule has 2 aromatic carbocycles. The van der Waals surface area contributed by atoms with E-state index in [4.69, 9.17) is 14.2 Å². The van der Waals surface area contributed by atoms with Crippen molar-refractivity contribution < 1.29 is 28.6 Å². The van der Waals surface area contributed by atoms with Gasteiger partial charge in [0.05, 0.1) is 27.4 Å². The van der Waals surface area contributed by atoms with Gasteiger partial charge in [-0.25, -0.2) is 0 Å². The summed E-state index contributed by atoms with van der Waals surface area (Å²) in [6.07, 6.45) is 0. The van der Waals surface area contributed by atoms with Gasteiger partial charge >= 0.3 is 0 Å². The zero-order chi connectivity index (χ0) is 24.3. The van der Waals surface area contributed by atoms with E-state index < -0.39 is 29.4 Å². The highest BCUT2D eigenvalue weighted by molar-refractivity contribution is 6.44. The van der Waals surface area contributed by atoms with Gasteiger partial charge in [0, 0.05) is 30.3 Å². The number of Topliss-reactive ketones (excluding diaryl/α,β-unsaturated/α-hetero) is 2. The molecular formula is C25H30N2O6. The van der Waals surface area contributed by atoms with E-state index in [0.29, 0.717) is 41.5 Å². The number of aryl methyl sites for hydroxylation is 1. The highest BCUT2D eigenvalue weighted by atomic mass is 16.5. The molecule has 1 amide bonds. The number of likely N-dealkylation sites (tertiary alicyclic amines) is 1. The standard InChI is InChI=1S/C25H30N2O6/c1-15-13-16(7-10-19(15)32-5)23(28)21-22(18-9-8-17(31-4)14-20(18)33-6)27(12-11-26(2)3)25(30)24(21)29/h7-10,13-14,21-22H,11-12H2,1-6H3. The summed E-state index contributed by atoms with van der Waals surface area (Å²) >= 11 is 0. The molecule has 33 heavy (non-hydrogen) atoms. The second-order valence-corrected chi connectivity index (χ2v) is 8.25. The largest absolute Gasteiger partial charge is 0.497 e. The zero-order valence-electron chi connectivity index (χ0n) is 19.9. The van der Waals surface area contributed by atoms with Crippen LogP contribution in [0.2, 0.25) is 0 Å². The Labute approximate surface area is 194 Å². The van der Waals surface area contributed by atoms with Crippen LogP contribution < -0.4 is 14.2 Å². The number of likely N-dealkylation sites (N-methyl/N-ethyl adjacent to an activating group) is 1. The number of carbonyl (C=O) groups excluding carboxylic acids is 3. The highest BCUT2D eigenvalue weighted by Gasteiger charge is 2.52. The summed E-state index contributed by atoms with van der Waals surface area (Å²) in [6, 6.07) is 9.37. The van der Waals surface area contributed by atoms with Crippen LogP contribution in [0, 0.1) is 12.8 Å². The molecule has 1 heterocycles. The number of ketones is 2. The molecule has 176 valence electrons. The Bertz CT molecular complexity index is 1060. The Balaban J connectivity index is 2.12. The lowest BCUT2D eigenvalue weighted by Gasteiger charge is -2.29. The Hall–Kier alpha value is -3.39. The van der Waals surface area contributed by atoms with Gasteiger partial charge in [0.2, 0.25) is 5.78 Å². The molecular weight excluding hydrogens is 424 g/mol. The van der Waals surface area contributed by atoms with E-state index in [2.05, 4.69) is 0 Å². The number of rotatable bonds is 9. The first-order chi connectivity index (χ1) is 15.7. The van der Waals surface area contributed by atoms with Crippen LogP contribution in [-0.2, 0) is 9.59 Å². The van der Waals surface area contributed by atoms with Crippen LogP contribution >= 0.6 is 0 Å². The third kappa shape index (κ3) is 4.71. The van der Waals surface area contributed by atoms with E-state index in [-0.39, 0.29) is 0 Å². The topological polar surface area (TPSA) is 85.4 Å². The molecule has 2 unspecified atom stereocenters. The van der Waals surface area contributed by atoms with Gasteiger partial charge in [-0.3, -0.25) is 14.4 Å². The summed E-state index contributed by atoms with van der Waals surface area (Å²) in [4.78, 5) is 43.3. The lowest BCUT2D eigenvalue weighted by atomic mass is 9.85. The van der Waals surface area contributed by atoms with Crippen molar-refractivity contribution in [2.24, 2.45) is 5.92 Å². The number of hydrogen-bond donors (Lipinski definition) is 0. The van der Waals surface area contributed by atoms with Gasteiger partial charge in [0.15, 0.2) is 5.78 Å². The number of hydrogen-bond acceptors (Lipinski definition) is 7. The maximum Gasteiger partial charge on any atom is 0.291 e. The van der Waals surface area contributed by atoms with Crippen LogP contribution in [0.3, 0.4) is 0 Å². The number of benzene rings is 2. The summed E-state index contributed by atoms with van der Waals surface area (Å²) in [5.41, 5.74) is 1.70. The maximum atomic E-state index is 13.6. The summed E-state index contributed by atoms with van der Waals surface area (Å²) in [7, 11) is 8.36. The van der Waals surface area contributed by atoms with E-state index >= 15 is 0 Å². The summed E-state index contributed by atoms with van der Waals surface area (Å²) < 4.78 is 16.1. The number of amides is 1. The minimum atomic E-state index is -1.19. The fourth-order valence-electron chi connectivity index (χ4n) is 4.16. The van der Waals surface area contributed by atoms with Crippen LogP contribution in [-0.4, -0.2) is 75.8 Å². The van der Waals surface area contributed by atoms with Crippen molar-refractivity contribution >= 4 is 17.5 Å². The third-order valence-corrected chi connectivity index (χ3v) is 5.91. The van der Waals surface area contributed by atoms with Gasteiger partial charge in [-0.05, 0) is 56.9 Å². The number of methoxy groups -OCH3 is 3. The van der Waals surface area contributed by atoms with Crippen LogP contribution in [0.15, 0.2) is 36.4 Å². The summed E-state index contributed by atoms with van der Waals surface area (Å²) in [6.45, 7) is 2.66. The first kappa shape index (κ1) is 24.3. The molecule has 1 saturated heterocycles. The molecule has 0 saturated carbocycles. The van der Waals surface area contributed by atoms with E-state index in [1.807, 2.05) is 25.9 Å². The predicted octanol–water partition coefficient (Wildman–Crippen LogP) is 2.53. The average Bonchev–Trinajstić information content (AvgIpc) is 3.06. The van der Waals surface area contributed by atoms with Crippen molar-refractivity contribution in [2.75, 3.05) is 48.5 Å². The first-order valence-corrected chi connectivity index (χ1v) is 10.6. The van der Waals surface area contributed by atoms with Crippen LogP contribution in [0.4, 0.5) is 0 Å². The van der Waals surface area contributed by atoms with Crippen molar-refractivity contribution in [2.45, 2.75) is 13.0 Å². The maximum absolute atomic E-state index is 13.6. The van der Waals surface area contributed by atoms with Gasteiger partial charge in [-0.1, -0.05) is 0 Å². The minimum Gasteiger partial charge on any atom is -0.497 e. The van der Waals surface area contributed by atoms with E-state index in [0.717, 1.165) is 5.56 Å². The molecule has 0 aliphatic carbocycles. The van der Waals surface area contributed by atoms with Crippen molar-refractivity contribution in [3.8, 4) is 17.2 Å². The van der Waals surface area contributed by atoms with Gasteiger partial charge in [0.25, 0.3) is 5.91 Å². The van der Waals surface area contributed by atoms with Crippen molar-refractivity contribution in [1.82, 2.24) is 9.80 Å². The van der Waals surface area contributed by atoms with Crippen LogP contribution in [0.25, 0.3) is 0 Å². The van der Waals surface area contributed by atoms with E-state index in [1.165, 1.54) is 12.0 Å². The lowest BCUT2D eigenvalue weighted by Crippen LogP contribution is -2.36. The molecule has 2 atom stereocenters. The number of carbonyl (C=O) groups is 3. The highest BCUT2D eigenvalue weighted by Crippen LogP contribution is 2.43. The van der Waals surface area contributed by atoms with Gasteiger partial charge in [0.1, 0.15) is 23.2 Å². The summed E-state index contributed by atoms with van der Waals surface area (Å²) in [5.74, 6) is -1.32. The second kappa shape index (κ2) is 10.0. The van der Waals surface area contributed by atoms with Crippen molar-refractivity contribution in [1.29, 1.82) is 0 Å². The Morgan fingerprint density at radius 1 is 0.970 bits per heavy atom. The summed E-state index contributed by atoms with van der Waals surface area (Å²) in [5, 5.41) is 0. The molecule has 0 spiro atoms. The van der Waals surface area contributed by atoms with Crippen molar-refractivity contribution in [3.63, 3.8) is 0 Å². The molecule has 3 rings (SSSR count). The van der Waals surface area contributed by atoms with Gasteiger partial charge in [-0.2, -0.15) is 0 Å².